The van der Waals surface area contributed by atoms with Crippen LogP contribution in [0.2, 0.25) is 5.02 Å². The van der Waals surface area contributed by atoms with E-state index in [1.54, 1.807) is 38.4 Å². The number of rotatable bonds is 4. The zero-order chi connectivity index (χ0) is 17.1. The van der Waals surface area contributed by atoms with E-state index in [9.17, 15) is 4.79 Å². The second-order valence-electron chi connectivity index (χ2n) is 4.95. The molecule has 3 rings (SSSR count). The molecule has 0 aliphatic rings. The van der Waals surface area contributed by atoms with E-state index in [4.69, 9.17) is 16.3 Å². The van der Waals surface area contributed by atoms with E-state index < -0.39 is 0 Å². The van der Waals surface area contributed by atoms with E-state index in [2.05, 4.69) is 15.3 Å². The molecule has 2 heterocycles. The van der Waals surface area contributed by atoms with Crippen molar-refractivity contribution >= 4 is 34.5 Å². The minimum atomic E-state index is -0.251. The Bertz CT molecular complexity index is 881. The van der Waals surface area contributed by atoms with Crippen molar-refractivity contribution in [2.24, 2.45) is 0 Å². The van der Waals surface area contributed by atoms with Crippen molar-refractivity contribution < 1.29 is 9.53 Å². The molecule has 24 heavy (non-hydrogen) atoms. The summed E-state index contributed by atoms with van der Waals surface area (Å²) in [4.78, 5) is 21.8. The van der Waals surface area contributed by atoms with Gasteiger partial charge in [0.1, 0.15) is 15.6 Å². The number of nitrogens with one attached hydrogen (secondary N) is 1. The maximum Gasteiger partial charge on any atom is 0.267 e. The maximum absolute atomic E-state index is 12.5. The van der Waals surface area contributed by atoms with Gasteiger partial charge in [-0.2, -0.15) is 0 Å². The Kier molecular flexibility index (Phi) is 4.78. The average Bonchev–Trinajstić information content (AvgIpc) is 2.99. The second kappa shape index (κ2) is 6.98. The first-order valence-electron chi connectivity index (χ1n) is 7.12. The maximum atomic E-state index is 12.5. The Balaban J connectivity index is 1.84. The zero-order valence-electron chi connectivity index (χ0n) is 13.0. The molecule has 0 unspecified atom stereocenters. The Morgan fingerprint density at radius 2 is 2.12 bits per heavy atom. The Morgan fingerprint density at radius 3 is 2.79 bits per heavy atom. The van der Waals surface area contributed by atoms with Crippen LogP contribution in [0.4, 0.5) is 5.69 Å². The molecule has 5 nitrogen and oxygen atoms in total. The van der Waals surface area contributed by atoms with Gasteiger partial charge in [0.15, 0.2) is 0 Å². The number of amides is 1. The molecule has 0 aliphatic heterocycles. The van der Waals surface area contributed by atoms with Crippen molar-refractivity contribution in [3.05, 3.63) is 58.2 Å². The van der Waals surface area contributed by atoms with E-state index in [0.717, 1.165) is 5.69 Å². The van der Waals surface area contributed by atoms with Crippen LogP contribution in [0.25, 0.3) is 10.7 Å². The topological polar surface area (TPSA) is 64.1 Å². The average molecular weight is 360 g/mol. The number of halogens is 1. The predicted octanol–water partition coefficient (Wildman–Crippen LogP) is 4.43. The number of thiazole rings is 1. The third kappa shape index (κ3) is 3.39. The van der Waals surface area contributed by atoms with Gasteiger partial charge in [-0.05, 0) is 31.2 Å². The van der Waals surface area contributed by atoms with E-state index in [0.29, 0.717) is 32.0 Å². The predicted molar refractivity (Wildman–Crippen MR) is 96.0 cm³/mol. The van der Waals surface area contributed by atoms with Gasteiger partial charge >= 0.3 is 0 Å². The molecule has 1 amide bonds. The number of carbonyl (C=O) groups excluding carboxylic acids is 1. The van der Waals surface area contributed by atoms with Gasteiger partial charge < -0.3 is 10.1 Å². The number of aryl methyl sites for hydroxylation is 1. The quantitative estimate of drug-likeness (QED) is 0.748. The number of hydrogen-bond acceptors (Lipinski definition) is 5. The van der Waals surface area contributed by atoms with E-state index in [1.165, 1.54) is 11.3 Å². The van der Waals surface area contributed by atoms with Crippen molar-refractivity contribution in [3.63, 3.8) is 0 Å². The van der Waals surface area contributed by atoms with Gasteiger partial charge in [0.25, 0.3) is 5.91 Å². The van der Waals surface area contributed by atoms with Gasteiger partial charge in [0, 0.05) is 12.3 Å². The molecular weight excluding hydrogens is 346 g/mol. The summed E-state index contributed by atoms with van der Waals surface area (Å²) in [5.74, 6) is 0.378. The lowest BCUT2D eigenvalue weighted by atomic mass is 10.3. The number of nitrogens with zero attached hydrogens (tertiary/aromatic N) is 2. The summed E-state index contributed by atoms with van der Waals surface area (Å²) in [6, 6.07) is 10.7. The van der Waals surface area contributed by atoms with Gasteiger partial charge in [0.2, 0.25) is 0 Å². The number of pyridine rings is 1. The van der Waals surface area contributed by atoms with Crippen LogP contribution < -0.4 is 10.1 Å². The molecular formula is C17H14ClN3O2S. The summed E-state index contributed by atoms with van der Waals surface area (Å²) in [6.45, 7) is 1.80. The van der Waals surface area contributed by atoms with Gasteiger partial charge in [-0.15, -0.1) is 11.3 Å². The molecule has 0 saturated heterocycles. The number of aromatic nitrogens is 2. The lowest BCUT2D eigenvalue weighted by Gasteiger charge is -2.08. The second-order valence-corrected chi connectivity index (χ2v) is 6.35. The molecule has 3 aromatic rings. The molecule has 122 valence electrons. The number of anilines is 1. The molecule has 0 radical (unpaired) electrons. The SMILES string of the molecule is COc1ccc(NC(=O)c2sc(-c3ccccn3)nc2C)c(Cl)c1. The number of benzene rings is 1. The molecule has 7 heteroatoms. The Morgan fingerprint density at radius 1 is 1.29 bits per heavy atom. The molecule has 1 N–H and O–H groups in total. The van der Waals surface area contributed by atoms with Gasteiger partial charge in [-0.1, -0.05) is 17.7 Å². The lowest BCUT2D eigenvalue weighted by Crippen LogP contribution is -2.11. The minimum Gasteiger partial charge on any atom is -0.497 e. The fourth-order valence-corrected chi connectivity index (χ4v) is 3.27. The summed E-state index contributed by atoms with van der Waals surface area (Å²) in [5, 5.41) is 3.93. The molecule has 2 aromatic heterocycles. The number of methoxy groups -OCH3 is 1. The number of carbonyl (C=O) groups is 1. The number of hydrogen-bond donors (Lipinski definition) is 1. The van der Waals surface area contributed by atoms with Crippen LogP contribution in [0.3, 0.4) is 0 Å². The van der Waals surface area contributed by atoms with Crippen LogP contribution in [0, 0.1) is 6.92 Å². The highest BCUT2D eigenvalue weighted by molar-refractivity contribution is 7.17. The van der Waals surface area contributed by atoms with Gasteiger partial charge in [-0.3, -0.25) is 9.78 Å². The fraction of sp³-hybridized carbons (Fsp3) is 0.118. The first-order chi connectivity index (χ1) is 11.6. The number of ether oxygens (including phenoxy) is 1. The standard InChI is InChI=1S/C17H14ClN3O2S/c1-10-15(24-17(20-10)14-5-3-4-8-19-14)16(22)21-13-7-6-11(23-2)9-12(13)18/h3-9H,1-2H3,(H,21,22). The van der Waals surface area contributed by atoms with Crippen molar-refractivity contribution in [2.75, 3.05) is 12.4 Å². The van der Waals surface area contributed by atoms with Crippen LogP contribution >= 0.6 is 22.9 Å². The smallest absolute Gasteiger partial charge is 0.267 e. The molecule has 0 saturated carbocycles. The molecule has 0 spiro atoms. The highest BCUT2D eigenvalue weighted by atomic mass is 35.5. The zero-order valence-corrected chi connectivity index (χ0v) is 14.6. The van der Waals surface area contributed by atoms with Crippen LogP contribution in [0.5, 0.6) is 5.75 Å². The fourth-order valence-electron chi connectivity index (χ4n) is 2.11. The Hall–Kier alpha value is -2.44. The van der Waals surface area contributed by atoms with E-state index >= 15 is 0 Å². The first-order valence-corrected chi connectivity index (χ1v) is 8.31. The largest absolute Gasteiger partial charge is 0.497 e. The van der Waals surface area contributed by atoms with Crippen molar-refractivity contribution in [3.8, 4) is 16.5 Å². The van der Waals surface area contributed by atoms with E-state index in [1.807, 2.05) is 18.2 Å². The lowest BCUT2D eigenvalue weighted by molar-refractivity contribution is 0.103. The summed E-state index contributed by atoms with van der Waals surface area (Å²) < 4.78 is 5.10. The summed E-state index contributed by atoms with van der Waals surface area (Å²) in [7, 11) is 1.56. The molecule has 0 fully saturated rings. The summed E-state index contributed by atoms with van der Waals surface area (Å²) in [6.07, 6.45) is 1.70. The van der Waals surface area contributed by atoms with E-state index in [-0.39, 0.29) is 5.91 Å². The van der Waals surface area contributed by atoms with Crippen molar-refractivity contribution in [1.29, 1.82) is 0 Å². The first kappa shape index (κ1) is 16.4. The highest BCUT2D eigenvalue weighted by Gasteiger charge is 2.17. The highest BCUT2D eigenvalue weighted by Crippen LogP contribution is 2.30. The van der Waals surface area contributed by atoms with Crippen LogP contribution in [-0.2, 0) is 0 Å². The summed E-state index contributed by atoms with van der Waals surface area (Å²) in [5.41, 5.74) is 1.92. The summed E-state index contributed by atoms with van der Waals surface area (Å²) >= 11 is 7.46. The minimum absolute atomic E-state index is 0.251. The van der Waals surface area contributed by atoms with Crippen LogP contribution in [-0.4, -0.2) is 23.0 Å². The van der Waals surface area contributed by atoms with Crippen LogP contribution in [0.1, 0.15) is 15.4 Å². The molecule has 1 aromatic carbocycles. The Labute approximate surface area is 148 Å². The van der Waals surface area contributed by atoms with Crippen molar-refractivity contribution in [2.45, 2.75) is 6.92 Å². The third-order valence-electron chi connectivity index (χ3n) is 3.31. The normalized spacial score (nSPS) is 10.5. The molecule has 0 aliphatic carbocycles. The van der Waals surface area contributed by atoms with Gasteiger partial charge in [-0.25, -0.2) is 4.98 Å². The molecule has 0 bridgehead atoms. The van der Waals surface area contributed by atoms with Crippen LogP contribution in [0.15, 0.2) is 42.6 Å². The third-order valence-corrected chi connectivity index (χ3v) is 4.80. The van der Waals surface area contributed by atoms with Crippen molar-refractivity contribution in [1.82, 2.24) is 9.97 Å². The monoisotopic (exact) mass is 359 g/mol. The molecule has 0 atom stereocenters. The van der Waals surface area contributed by atoms with Gasteiger partial charge in [0.05, 0.1) is 29.2 Å².